The van der Waals surface area contributed by atoms with Crippen LogP contribution in [0.4, 0.5) is 0 Å². The van der Waals surface area contributed by atoms with Crippen molar-refractivity contribution in [2.75, 3.05) is 0 Å². The van der Waals surface area contributed by atoms with Crippen molar-refractivity contribution >= 4 is 46.2 Å². The van der Waals surface area contributed by atoms with Crippen LogP contribution in [0.1, 0.15) is 47.5 Å². The zero-order chi connectivity index (χ0) is 35.7. The predicted molar refractivity (Wildman–Crippen MR) is 217 cm³/mol. The Morgan fingerprint density at radius 3 is 1.62 bits per heavy atom. The summed E-state index contributed by atoms with van der Waals surface area (Å²) < 4.78 is 7.11. The van der Waals surface area contributed by atoms with Crippen LogP contribution in [-0.4, -0.2) is 23.4 Å². The maximum absolute atomic E-state index is 7.11. The van der Waals surface area contributed by atoms with Gasteiger partial charge in [-0.15, -0.1) is 40.9 Å². The zero-order valence-corrected chi connectivity index (χ0v) is 33.1. The third-order valence-corrected chi connectivity index (χ3v) is 11.3. The number of ether oxygens (including phenoxy) is 1. The van der Waals surface area contributed by atoms with E-state index in [-0.39, 0.29) is 34.5 Å². The van der Waals surface area contributed by atoms with E-state index in [0.717, 1.165) is 39.4 Å². The molecule has 53 heavy (non-hydrogen) atoms. The molecule has 0 spiro atoms. The quantitative estimate of drug-likeness (QED) is 0.149. The summed E-state index contributed by atoms with van der Waals surface area (Å²) in [5, 5.41) is 0. The normalized spacial score (nSPS) is 13.5. The van der Waals surface area contributed by atoms with Crippen molar-refractivity contribution < 1.29 is 25.8 Å². The van der Waals surface area contributed by atoms with E-state index in [1.54, 1.807) is 0 Å². The molecule has 0 fully saturated rings. The molecule has 3 nitrogen and oxygen atoms in total. The number of aromatic nitrogens is 2. The first-order valence-corrected chi connectivity index (χ1v) is 18.2. The Morgan fingerprint density at radius 2 is 1.02 bits per heavy atom. The van der Waals surface area contributed by atoms with Gasteiger partial charge < -0.3 is 14.7 Å². The van der Waals surface area contributed by atoms with Gasteiger partial charge in [0.05, 0.1) is 0 Å². The monoisotopic (exact) mass is 863 g/mol. The van der Waals surface area contributed by atoms with E-state index in [2.05, 4.69) is 157 Å². The first-order chi connectivity index (χ1) is 25.2. The van der Waals surface area contributed by atoms with Gasteiger partial charge in [0, 0.05) is 28.3 Å². The molecule has 0 atom stereocenters. The Bertz CT molecular complexity index is 2520. The Kier molecular flexibility index (Phi) is 8.90. The molecule has 0 unspecified atom stereocenters. The average Bonchev–Trinajstić information content (AvgIpc) is 3.15. The van der Waals surface area contributed by atoms with Crippen molar-refractivity contribution in [1.82, 2.24) is 9.97 Å². The van der Waals surface area contributed by atoms with Crippen LogP contribution in [-0.2, 0) is 26.5 Å². The van der Waals surface area contributed by atoms with E-state index in [1.807, 2.05) is 18.2 Å². The van der Waals surface area contributed by atoms with Crippen LogP contribution < -0.4 is 37.5 Å². The Balaban J connectivity index is 0.00000400. The molecule has 4 heterocycles. The van der Waals surface area contributed by atoms with Gasteiger partial charge in [0.25, 0.3) is 0 Å². The number of nitrogens with zero attached hydrogens (tertiary/aromatic N) is 2. The van der Waals surface area contributed by atoms with Gasteiger partial charge in [0.2, 0.25) is 6.71 Å². The second kappa shape index (κ2) is 13.5. The molecule has 8 bridgehead atoms. The molecular weight excluding hydrogens is 825 g/mol. The molecule has 0 N–H and O–H groups in total. The standard InChI is InChI=1S/C47H38B2N2O.Pt/c1-29-14-9-15-30(2)44(29)48-36-20-7-8-21-37(36)49(45-31(3)16-10-17-32(45)4)46-38(48)27-34-28-41(46)52-35-19-11-18-33(26-35)39-22-12-24-42(50-39)47(5,6)43-25-13-23-40(34)51-43;/h7-25,27H,1-6H3;/q-2;+2. The molecule has 5 aromatic carbocycles. The fourth-order valence-electron chi connectivity index (χ4n) is 8.64. The smallest absolute Gasteiger partial charge is 0.497 e. The van der Waals surface area contributed by atoms with Crippen LogP contribution in [0.2, 0.25) is 0 Å². The van der Waals surface area contributed by atoms with E-state index < -0.39 is 5.41 Å². The number of fused-ring (bicyclic) bond motifs is 13. The van der Waals surface area contributed by atoms with E-state index >= 15 is 0 Å². The summed E-state index contributed by atoms with van der Waals surface area (Å²) >= 11 is 0. The molecule has 7 aromatic rings. The molecule has 258 valence electrons. The largest absolute Gasteiger partial charge is 2.00 e. The first kappa shape index (κ1) is 35.1. The molecule has 9 rings (SSSR count). The third kappa shape index (κ3) is 5.81. The van der Waals surface area contributed by atoms with Crippen LogP contribution in [0.15, 0.2) is 121 Å². The molecule has 0 saturated heterocycles. The minimum absolute atomic E-state index is 0. The van der Waals surface area contributed by atoms with Crippen molar-refractivity contribution in [3.8, 4) is 34.0 Å². The number of aryl methyl sites for hydroxylation is 4. The number of hydrogen-bond acceptors (Lipinski definition) is 3. The molecule has 2 aliphatic rings. The Labute approximate surface area is 328 Å². The molecule has 0 aliphatic carbocycles. The van der Waals surface area contributed by atoms with Gasteiger partial charge >= 0.3 is 21.1 Å². The predicted octanol–water partition coefficient (Wildman–Crippen LogP) is 6.42. The molecule has 2 aromatic heterocycles. The molecular formula is C47H38B2N2OPt. The summed E-state index contributed by atoms with van der Waals surface area (Å²) in [6, 6.07) is 50.6. The van der Waals surface area contributed by atoms with Crippen molar-refractivity contribution in [2.45, 2.75) is 47.0 Å². The molecule has 2 aliphatic heterocycles. The maximum Gasteiger partial charge on any atom is 2.00 e. The average molecular weight is 864 g/mol. The Hall–Kier alpha value is -4.98. The second-order valence-corrected chi connectivity index (χ2v) is 15.0. The zero-order valence-electron chi connectivity index (χ0n) is 30.8. The van der Waals surface area contributed by atoms with Gasteiger partial charge in [-0.2, -0.15) is 5.46 Å². The van der Waals surface area contributed by atoms with E-state index in [4.69, 9.17) is 14.7 Å². The molecule has 0 radical (unpaired) electrons. The number of rotatable bonds is 2. The fourth-order valence-corrected chi connectivity index (χ4v) is 8.64. The number of benzene rings is 5. The van der Waals surface area contributed by atoms with E-state index in [1.165, 1.54) is 49.6 Å². The van der Waals surface area contributed by atoms with E-state index in [9.17, 15) is 0 Å². The third-order valence-electron chi connectivity index (χ3n) is 11.3. The van der Waals surface area contributed by atoms with Crippen molar-refractivity contribution in [3.05, 3.63) is 167 Å². The van der Waals surface area contributed by atoms with Gasteiger partial charge in [-0.3, -0.25) is 0 Å². The van der Waals surface area contributed by atoms with Crippen LogP contribution >= 0.6 is 0 Å². The summed E-state index contributed by atoms with van der Waals surface area (Å²) in [6.45, 7) is 13.2. The van der Waals surface area contributed by atoms with Crippen LogP contribution in [0.5, 0.6) is 11.5 Å². The Morgan fingerprint density at radius 1 is 0.509 bits per heavy atom. The summed E-state index contributed by atoms with van der Waals surface area (Å²) in [4.78, 5) is 10.5. The summed E-state index contributed by atoms with van der Waals surface area (Å²) in [5.41, 5.74) is 17.6. The second-order valence-electron chi connectivity index (χ2n) is 15.0. The van der Waals surface area contributed by atoms with Crippen molar-refractivity contribution in [3.63, 3.8) is 0 Å². The van der Waals surface area contributed by atoms with Gasteiger partial charge in [-0.25, -0.2) is 0 Å². The minimum Gasteiger partial charge on any atom is -0.497 e. The van der Waals surface area contributed by atoms with Crippen molar-refractivity contribution in [1.29, 1.82) is 0 Å². The van der Waals surface area contributed by atoms with Crippen LogP contribution in [0.25, 0.3) is 22.5 Å². The van der Waals surface area contributed by atoms with Crippen LogP contribution in [0, 0.1) is 39.8 Å². The van der Waals surface area contributed by atoms with Crippen LogP contribution in [0.3, 0.4) is 0 Å². The van der Waals surface area contributed by atoms with Gasteiger partial charge in [-0.05, 0) is 65.1 Å². The SMILES string of the molecule is Cc1cccc(C)c1B1c2ccccc2B(c2c(C)cccc2C)c2c3[c-]c(cc21)-c1cccc(n1)C(C)(C)c1cccc(n1)-c1[c-]c(ccc1)O3.[Pt+2]. The molecule has 0 amide bonds. The van der Waals surface area contributed by atoms with Gasteiger partial charge in [0.1, 0.15) is 0 Å². The topological polar surface area (TPSA) is 35.0 Å². The fraction of sp³-hybridized carbons (Fsp3) is 0.149. The number of hydrogen-bond donors (Lipinski definition) is 0. The summed E-state index contributed by atoms with van der Waals surface area (Å²) in [5.74, 6) is 1.32. The number of pyridine rings is 2. The van der Waals surface area contributed by atoms with Gasteiger partial charge in [-0.1, -0.05) is 141 Å². The maximum atomic E-state index is 7.11. The summed E-state index contributed by atoms with van der Waals surface area (Å²) in [7, 11) is 0. The van der Waals surface area contributed by atoms with Gasteiger partial charge in [0.15, 0.2) is 6.71 Å². The molecule has 0 saturated carbocycles. The van der Waals surface area contributed by atoms with E-state index in [0.29, 0.717) is 11.5 Å². The summed E-state index contributed by atoms with van der Waals surface area (Å²) in [6.07, 6.45) is 0. The minimum atomic E-state index is -0.450. The van der Waals surface area contributed by atoms with Crippen molar-refractivity contribution in [2.24, 2.45) is 0 Å². The first-order valence-electron chi connectivity index (χ1n) is 18.2. The molecule has 6 heteroatoms.